The molecule has 0 bridgehead atoms. The molecule has 130 valence electrons. The molecule has 0 spiro atoms. The van der Waals surface area contributed by atoms with Gasteiger partial charge in [0.15, 0.2) is 0 Å². The second-order valence-corrected chi connectivity index (χ2v) is 8.38. The van der Waals surface area contributed by atoms with Gasteiger partial charge in [-0.2, -0.15) is 0 Å². The van der Waals surface area contributed by atoms with E-state index in [4.69, 9.17) is 9.47 Å². The number of rotatable bonds is 7. The standard InChI is InChI=1S/C18H16O5S2/c1-2-18(19)23-13-3-7-16(8-4-13)25(20,21)17-9-5-15(6-10-17)24-12-14-11-22-14/h2-10,14H,1,11-12H2. The molecule has 0 aliphatic carbocycles. The molecule has 0 saturated carbocycles. The van der Waals surface area contributed by atoms with Crippen LogP contribution in [0.3, 0.4) is 0 Å². The van der Waals surface area contributed by atoms with Gasteiger partial charge in [0.25, 0.3) is 0 Å². The van der Waals surface area contributed by atoms with Crippen molar-refractivity contribution in [1.82, 2.24) is 0 Å². The summed E-state index contributed by atoms with van der Waals surface area (Å²) in [5.41, 5.74) is 0. The Kier molecular flexibility index (Phi) is 5.27. The van der Waals surface area contributed by atoms with Crippen LogP contribution in [0.15, 0.2) is 75.9 Å². The molecule has 1 unspecified atom stereocenters. The average Bonchev–Trinajstić information content (AvgIpc) is 3.45. The molecule has 0 N–H and O–H groups in total. The summed E-state index contributed by atoms with van der Waals surface area (Å²) in [6, 6.07) is 12.5. The van der Waals surface area contributed by atoms with Crippen molar-refractivity contribution in [1.29, 1.82) is 0 Å². The monoisotopic (exact) mass is 376 g/mol. The molecule has 1 heterocycles. The maximum atomic E-state index is 12.7. The highest BCUT2D eigenvalue weighted by Gasteiger charge is 2.22. The molecule has 3 rings (SSSR count). The van der Waals surface area contributed by atoms with Crippen molar-refractivity contribution in [2.24, 2.45) is 0 Å². The van der Waals surface area contributed by atoms with Gasteiger partial charge in [0, 0.05) is 16.7 Å². The molecule has 1 fully saturated rings. The maximum Gasteiger partial charge on any atom is 0.335 e. The Bertz CT molecular complexity index is 867. The van der Waals surface area contributed by atoms with Crippen LogP contribution in [0.5, 0.6) is 5.75 Å². The Balaban J connectivity index is 1.73. The van der Waals surface area contributed by atoms with E-state index < -0.39 is 15.8 Å². The van der Waals surface area contributed by atoms with Gasteiger partial charge >= 0.3 is 5.97 Å². The number of esters is 1. The normalized spacial score (nSPS) is 16.2. The molecule has 2 aromatic rings. The molecule has 2 aromatic carbocycles. The van der Waals surface area contributed by atoms with Crippen molar-refractivity contribution < 1.29 is 22.7 Å². The molecule has 1 atom stereocenters. The number of sulfone groups is 1. The first-order valence-corrected chi connectivity index (χ1v) is 10.00. The second kappa shape index (κ2) is 7.43. The Morgan fingerprint density at radius 3 is 2.24 bits per heavy atom. The third-order valence-electron chi connectivity index (χ3n) is 3.49. The van der Waals surface area contributed by atoms with E-state index in [1.807, 2.05) is 0 Å². The highest BCUT2D eigenvalue weighted by Crippen LogP contribution is 2.27. The van der Waals surface area contributed by atoms with E-state index in [1.54, 1.807) is 36.0 Å². The molecular formula is C18H16O5S2. The molecule has 0 radical (unpaired) electrons. The van der Waals surface area contributed by atoms with Crippen LogP contribution >= 0.6 is 11.8 Å². The van der Waals surface area contributed by atoms with Gasteiger partial charge in [-0.05, 0) is 48.5 Å². The molecule has 7 heteroatoms. The zero-order valence-corrected chi connectivity index (χ0v) is 14.9. The van der Waals surface area contributed by atoms with Crippen LogP contribution in [-0.2, 0) is 19.4 Å². The van der Waals surface area contributed by atoms with Crippen LogP contribution in [0.2, 0.25) is 0 Å². The largest absolute Gasteiger partial charge is 0.423 e. The van der Waals surface area contributed by atoms with Gasteiger partial charge in [-0.3, -0.25) is 0 Å². The Hall–Kier alpha value is -2.09. The predicted molar refractivity (Wildman–Crippen MR) is 94.6 cm³/mol. The van der Waals surface area contributed by atoms with E-state index in [1.165, 1.54) is 24.3 Å². The SMILES string of the molecule is C=CC(=O)Oc1ccc(S(=O)(=O)c2ccc(SCC3CO3)cc2)cc1. The number of carbonyl (C=O) groups is 1. The molecule has 0 aromatic heterocycles. The van der Waals surface area contributed by atoms with E-state index in [0.29, 0.717) is 6.10 Å². The van der Waals surface area contributed by atoms with Gasteiger partial charge in [-0.25, -0.2) is 13.2 Å². The highest BCUT2D eigenvalue weighted by atomic mass is 32.2. The first-order valence-electron chi connectivity index (χ1n) is 7.53. The summed E-state index contributed by atoms with van der Waals surface area (Å²) in [7, 11) is -3.62. The lowest BCUT2D eigenvalue weighted by Gasteiger charge is -2.07. The zero-order chi connectivity index (χ0) is 17.9. The smallest absolute Gasteiger partial charge is 0.335 e. The fraction of sp³-hybridized carbons (Fsp3) is 0.167. The molecule has 1 aliphatic heterocycles. The summed E-state index contributed by atoms with van der Waals surface area (Å²) in [4.78, 5) is 12.5. The van der Waals surface area contributed by atoms with Gasteiger partial charge < -0.3 is 9.47 Å². The number of epoxide rings is 1. The van der Waals surface area contributed by atoms with Gasteiger partial charge in [0.2, 0.25) is 9.84 Å². The number of hydrogen-bond acceptors (Lipinski definition) is 6. The van der Waals surface area contributed by atoms with E-state index >= 15 is 0 Å². The van der Waals surface area contributed by atoms with Crippen LogP contribution in [0, 0.1) is 0 Å². The van der Waals surface area contributed by atoms with Gasteiger partial charge in [-0.1, -0.05) is 6.58 Å². The summed E-state index contributed by atoms with van der Waals surface area (Å²) in [6.07, 6.45) is 1.36. The highest BCUT2D eigenvalue weighted by molar-refractivity contribution is 7.99. The third kappa shape index (κ3) is 4.50. The maximum absolute atomic E-state index is 12.7. The Labute approximate surface area is 150 Å². The van der Waals surface area contributed by atoms with E-state index in [9.17, 15) is 13.2 Å². The zero-order valence-electron chi connectivity index (χ0n) is 13.3. The lowest BCUT2D eigenvalue weighted by Crippen LogP contribution is -2.04. The quantitative estimate of drug-likeness (QED) is 0.243. The molecule has 25 heavy (non-hydrogen) atoms. The molecule has 0 amide bonds. The second-order valence-electron chi connectivity index (χ2n) is 5.34. The van der Waals surface area contributed by atoms with Gasteiger partial charge in [0.05, 0.1) is 22.5 Å². The summed E-state index contributed by atoms with van der Waals surface area (Å²) < 4.78 is 35.4. The van der Waals surface area contributed by atoms with Crippen LogP contribution < -0.4 is 4.74 Å². The number of thioether (sulfide) groups is 1. The van der Waals surface area contributed by atoms with Crippen molar-refractivity contribution in [2.45, 2.75) is 20.8 Å². The number of benzene rings is 2. The van der Waals surface area contributed by atoms with Gasteiger partial charge in [-0.15, -0.1) is 11.8 Å². The molecule has 1 aliphatic rings. The lowest BCUT2D eigenvalue weighted by molar-refractivity contribution is -0.128. The van der Waals surface area contributed by atoms with Gasteiger partial charge in [0.1, 0.15) is 5.75 Å². The molecule has 1 saturated heterocycles. The lowest BCUT2D eigenvalue weighted by atomic mass is 10.3. The van der Waals surface area contributed by atoms with E-state index in [0.717, 1.165) is 23.3 Å². The number of hydrogen-bond donors (Lipinski definition) is 0. The fourth-order valence-electron chi connectivity index (χ4n) is 2.05. The van der Waals surface area contributed by atoms with Crippen molar-refractivity contribution >= 4 is 27.6 Å². The minimum absolute atomic E-state index is 0.137. The number of ether oxygens (including phenoxy) is 2. The van der Waals surface area contributed by atoms with E-state index in [-0.39, 0.29) is 15.5 Å². The van der Waals surface area contributed by atoms with Crippen LogP contribution in [0.4, 0.5) is 0 Å². The summed E-state index contributed by atoms with van der Waals surface area (Å²) in [5.74, 6) is 0.537. The summed E-state index contributed by atoms with van der Waals surface area (Å²) in [6.45, 7) is 4.11. The fourth-order valence-corrected chi connectivity index (χ4v) is 4.21. The minimum Gasteiger partial charge on any atom is -0.423 e. The Morgan fingerprint density at radius 2 is 1.72 bits per heavy atom. The Morgan fingerprint density at radius 1 is 1.16 bits per heavy atom. The molecule has 5 nitrogen and oxygen atoms in total. The topological polar surface area (TPSA) is 73.0 Å². The van der Waals surface area contributed by atoms with Crippen molar-refractivity contribution in [3.63, 3.8) is 0 Å². The number of carbonyl (C=O) groups excluding carboxylic acids is 1. The molecular weight excluding hydrogens is 360 g/mol. The summed E-state index contributed by atoms with van der Waals surface area (Å²) in [5, 5.41) is 0. The third-order valence-corrected chi connectivity index (χ3v) is 6.42. The van der Waals surface area contributed by atoms with Crippen LogP contribution in [0.1, 0.15) is 0 Å². The average molecular weight is 376 g/mol. The van der Waals surface area contributed by atoms with Crippen LogP contribution in [-0.4, -0.2) is 32.9 Å². The van der Waals surface area contributed by atoms with Crippen molar-refractivity contribution in [2.75, 3.05) is 12.4 Å². The van der Waals surface area contributed by atoms with Crippen LogP contribution in [0.25, 0.3) is 0 Å². The predicted octanol–water partition coefficient (Wildman–Crippen LogP) is 3.10. The van der Waals surface area contributed by atoms with E-state index in [2.05, 4.69) is 6.58 Å². The first kappa shape index (κ1) is 17.7. The van der Waals surface area contributed by atoms with Crippen molar-refractivity contribution in [3.8, 4) is 5.75 Å². The first-order chi connectivity index (χ1) is 12.0. The minimum atomic E-state index is -3.62. The summed E-state index contributed by atoms with van der Waals surface area (Å²) >= 11 is 1.64. The van der Waals surface area contributed by atoms with Crippen molar-refractivity contribution in [3.05, 3.63) is 61.2 Å².